The quantitative estimate of drug-likeness (QED) is 0.852. The highest BCUT2D eigenvalue weighted by molar-refractivity contribution is 7.99. The van der Waals surface area contributed by atoms with Crippen LogP contribution in [0.25, 0.3) is 0 Å². The zero-order valence-electron chi connectivity index (χ0n) is 13.7. The van der Waals surface area contributed by atoms with Gasteiger partial charge in [-0.05, 0) is 55.7 Å². The summed E-state index contributed by atoms with van der Waals surface area (Å²) >= 11 is 7.79. The summed E-state index contributed by atoms with van der Waals surface area (Å²) in [5, 5.41) is 3.78. The van der Waals surface area contributed by atoms with Crippen molar-refractivity contribution in [3.05, 3.63) is 58.6 Å². The van der Waals surface area contributed by atoms with Crippen LogP contribution in [0.3, 0.4) is 0 Å². The number of aryl methyl sites for hydroxylation is 1. The van der Waals surface area contributed by atoms with Gasteiger partial charge in [0.1, 0.15) is 5.75 Å². The third-order valence-electron chi connectivity index (χ3n) is 4.08. The zero-order chi connectivity index (χ0) is 17.1. The van der Waals surface area contributed by atoms with Crippen molar-refractivity contribution in [1.82, 2.24) is 5.32 Å². The van der Waals surface area contributed by atoms with Crippen LogP contribution in [0.2, 0.25) is 5.02 Å². The molecular weight excluding hydrogens is 342 g/mol. The van der Waals surface area contributed by atoms with Crippen LogP contribution in [0, 0.1) is 6.92 Å². The second-order valence-electron chi connectivity index (χ2n) is 5.91. The second kappa shape index (κ2) is 7.49. The van der Waals surface area contributed by atoms with E-state index < -0.39 is 6.10 Å². The molecule has 2 unspecified atom stereocenters. The Morgan fingerprint density at radius 3 is 2.92 bits per heavy atom. The number of amides is 1. The van der Waals surface area contributed by atoms with Gasteiger partial charge >= 0.3 is 0 Å². The first-order valence-corrected chi connectivity index (χ1v) is 9.36. The minimum Gasteiger partial charge on any atom is -0.481 e. The largest absolute Gasteiger partial charge is 0.481 e. The van der Waals surface area contributed by atoms with Gasteiger partial charge in [-0.15, -0.1) is 11.8 Å². The molecule has 2 aromatic rings. The summed E-state index contributed by atoms with van der Waals surface area (Å²) < 4.78 is 5.82. The van der Waals surface area contributed by atoms with Crippen molar-refractivity contribution in [3.8, 4) is 5.75 Å². The Bertz CT molecular complexity index is 750. The van der Waals surface area contributed by atoms with E-state index in [2.05, 4.69) is 17.4 Å². The maximum Gasteiger partial charge on any atom is 0.261 e. The monoisotopic (exact) mass is 361 g/mol. The van der Waals surface area contributed by atoms with E-state index in [0.717, 1.165) is 17.7 Å². The summed E-state index contributed by atoms with van der Waals surface area (Å²) in [5.41, 5.74) is 2.11. The molecule has 0 fully saturated rings. The number of carbonyl (C=O) groups is 1. The summed E-state index contributed by atoms with van der Waals surface area (Å²) in [6.07, 6.45) is 0.367. The SMILES string of the molecule is Cc1cc(Cl)ccc1OC(C)C(=O)NC1CCSc2ccccc21. The number of hydrogen-bond donors (Lipinski definition) is 1. The van der Waals surface area contributed by atoms with Crippen molar-refractivity contribution in [2.45, 2.75) is 37.3 Å². The molecule has 0 saturated heterocycles. The van der Waals surface area contributed by atoms with Crippen molar-refractivity contribution in [2.24, 2.45) is 0 Å². The normalized spacial score (nSPS) is 17.7. The third-order valence-corrected chi connectivity index (χ3v) is 5.44. The van der Waals surface area contributed by atoms with E-state index in [1.54, 1.807) is 19.1 Å². The second-order valence-corrected chi connectivity index (χ2v) is 7.48. The van der Waals surface area contributed by atoms with Gasteiger partial charge in [0, 0.05) is 15.7 Å². The molecule has 0 radical (unpaired) electrons. The fourth-order valence-corrected chi connectivity index (χ4v) is 4.12. The topological polar surface area (TPSA) is 38.3 Å². The number of ether oxygens (including phenoxy) is 1. The van der Waals surface area contributed by atoms with Crippen molar-refractivity contribution in [1.29, 1.82) is 0 Å². The molecule has 1 aliphatic heterocycles. The van der Waals surface area contributed by atoms with E-state index in [-0.39, 0.29) is 11.9 Å². The maximum atomic E-state index is 12.5. The number of hydrogen-bond acceptors (Lipinski definition) is 3. The van der Waals surface area contributed by atoms with Crippen LogP contribution in [-0.4, -0.2) is 17.8 Å². The first-order valence-electron chi connectivity index (χ1n) is 7.99. The molecule has 2 aromatic carbocycles. The highest BCUT2D eigenvalue weighted by Gasteiger charge is 2.24. The molecule has 3 nitrogen and oxygen atoms in total. The van der Waals surface area contributed by atoms with Gasteiger partial charge in [-0.25, -0.2) is 0 Å². The van der Waals surface area contributed by atoms with Crippen LogP contribution in [0.4, 0.5) is 0 Å². The van der Waals surface area contributed by atoms with Crippen LogP contribution >= 0.6 is 23.4 Å². The molecule has 2 atom stereocenters. The number of benzene rings is 2. The number of thioether (sulfide) groups is 1. The van der Waals surface area contributed by atoms with Crippen LogP contribution < -0.4 is 10.1 Å². The summed E-state index contributed by atoms with van der Waals surface area (Å²) in [4.78, 5) is 13.8. The Balaban J connectivity index is 1.67. The van der Waals surface area contributed by atoms with Crippen molar-refractivity contribution in [2.75, 3.05) is 5.75 Å². The van der Waals surface area contributed by atoms with Gasteiger partial charge in [-0.3, -0.25) is 4.79 Å². The predicted octanol–water partition coefficient (Wildman–Crippen LogP) is 4.77. The molecule has 0 spiro atoms. The summed E-state index contributed by atoms with van der Waals surface area (Å²) in [7, 11) is 0. The Morgan fingerprint density at radius 1 is 1.33 bits per heavy atom. The van der Waals surface area contributed by atoms with Crippen LogP contribution in [0.1, 0.15) is 30.5 Å². The summed E-state index contributed by atoms with van der Waals surface area (Å²) in [6.45, 7) is 3.69. The molecule has 0 aromatic heterocycles. The summed E-state index contributed by atoms with van der Waals surface area (Å²) in [5.74, 6) is 1.59. The Hall–Kier alpha value is -1.65. The molecule has 24 heavy (non-hydrogen) atoms. The van der Waals surface area contributed by atoms with Gasteiger partial charge in [0.2, 0.25) is 0 Å². The van der Waals surface area contributed by atoms with Crippen LogP contribution in [0.15, 0.2) is 47.4 Å². The number of rotatable bonds is 4. The van der Waals surface area contributed by atoms with E-state index in [9.17, 15) is 4.79 Å². The molecular formula is C19H20ClNO2S. The summed E-state index contributed by atoms with van der Waals surface area (Å²) in [6, 6.07) is 13.7. The lowest BCUT2D eigenvalue weighted by atomic mass is 10.0. The third kappa shape index (κ3) is 3.87. The highest BCUT2D eigenvalue weighted by atomic mass is 35.5. The Labute approximate surface area is 151 Å². The van der Waals surface area contributed by atoms with Gasteiger partial charge in [0.25, 0.3) is 5.91 Å². The number of carbonyl (C=O) groups excluding carboxylic acids is 1. The number of halogens is 1. The average molecular weight is 362 g/mol. The molecule has 126 valence electrons. The van der Waals surface area contributed by atoms with Gasteiger partial charge < -0.3 is 10.1 Å². The molecule has 1 N–H and O–H groups in total. The predicted molar refractivity (Wildman–Crippen MR) is 98.9 cm³/mol. The molecule has 1 heterocycles. The molecule has 0 bridgehead atoms. The van der Waals surface area contributed by atoms with E-state index in [1.807, 2.05) is 36.9 Å². The van der Waals surface area contributed by atoms with E-state index >= 15 is 0 Å². The zero-order valence-corrected chi connectivity index (χ0v) is 15.3. The van der Waals surface area contributed by atoms with Crippen LogP contribution in [0.5, 0.6) is 5.75 Å². The first kappa shape index (κ1) is 17.2. The van der Waals surface area contributed by atoms with Gasteiger partial charge in [-0.1, -0.05) is 29.8 Å². The number of nitrogens with one attached hydrogen (secondary N) is 1. The highest BCUT2D eigenvalue weighted by Crippen LogP contribution is 2.35. The van der Waals surface area contributed by atoms with E-state index in [4.69, 9.17) is 16.3 Å². The minimum absolute atomic E-state index is 0.0484. The fourth-order valence-electron chi connectivity index (χ4n) is 2.77. The van der Waals surface area contributed by atoms with Crippen molar-refractivity contribution < 1.29 is 9.53 Å². The lowest BCUT2D eigenvalue weighted by molar-refractivity contribution is -0.128. The standard InChI is InChI=1S/C19H20ClNO2S/c1-12-11-14(20)7-8-17(12)23-13(2)19(22)21-16-9-10-24-18-6-4-3-5-15(16)18/h3-8,11,13,16H,9-10H2,1-2H3,(H,21,22). The molecule has 0 aliphatic carbocycles. The minimum atomic E-state index is -0.563. The lowest BCUT2D eigenvalue weighted by Crippen LogP contribution is -2.39. The fraction of sp³-hybridized carbons (Fsp3) is 0.316. The van der Waals surface area contributed by atoms with Crippen molar-refractivity contribution in [3.63, 3.8) is 0 Å². The Kier molecular flexibility index (Phi) is 5.36. The molecule has 0 saturated carbocycles. The molecule has 5 heteroatoms. The number of fused-ring (bicyclic) bond motifs is 1. The van der Waals surface area contributed by atoms with Gasteiger partial charge in [0.05, 0.1) is 6.04 Å². The molecule has 3 rings (SSSR count). The average Bonchev–Trinajstić information content (AvgIpc) is 2.57. The smallest absolute Gasteiger partial charge is 0.261 e. The van der Waals surface area contributed by atoms with Gasteiger partial charge in [-0.2, -0.15) is 0 Å². The molecule has 1 amide bonds. The maximum absolute atomic E-state index is 12.5. The van der Waals surface area contributed by atoms with Gasteiger partial charge in [0.15, 0.2) is 6.10 Å². The van der Waals surface area contributed by atoms with E-state index in [0.29, 0.717) is 10.8 Å². The van der Waals surface area contributed by atoms with Crippen molar-refractivity contribution >= 4 is 29.3 Å². The first-order chi connectivity index (χ1) is 11.5. The Morgan fingerprint density at radius 2 is 2.12 bits per heavy atom. The lowest BCUT2D eigenvalue weighted by Gasteiger charge is -2.27. The molecule has 1 aliphatic rings. The van der Waals surface area contributed by atoms with E-state index in [1.165, 1.54) is 10.5 Å². The van der Waals surface area contributed by atoms with Crippen LogP contribution in [-0.2, 0) is 4.79 Å².